The van der Waals surface area contributed by atoms with Gasteiger partial charge in [0.1, 0.15) is 17.2 Å². The summed E-state index contributed by atoms with van der Waals surface area (Å²) in [6.45, 7) is 0.266. The Balaban J connectivity index is 2.47. The van der Waals surface area contributed by atoms with Gasteiger partial charge in [-0.15, -0.1) is 0 Å². The molecule has 4 nitrogen and oxygen atoms in total. The Bertz CT molecular complexity index is 565. The second-order valence-corrected chi connectivity index (χ2v) is 4.13. The van der Waals surface area contributed by atoms with Crippen LogP contribution in [0.1, 0.15) is 5.56 Å². The van der Waals surface area contributed by atoms with E-state index >= 15 is 0 Å². The van der Waals surface area contributed by atoms with Crippen LogP contribution >= 0.6 is 0 Å². The Morgan fingerprint density at radius 2 is 2.10 bits per heavy atom. The Morgan fingerprint density at radius 3 is 2.75 bits per heavy atom. The molecule has 0 aliphatic carbocycles. The van der Waals surface area contributed by atoms with Crippen molar-refractivity contribution in [1.29, 1.82) is 0 Å². The van der Waals surface area contributed by atoms with Crippen LogP contribution in [0.15, 0.2) is 35.0 Å². The van der Waals surface area contributed by atoms with Gasteiger partial charge in [0.2, 0.25) is 0 Å². The van der Waals surface area contributed by atoms with Gasteiger partial charge in [0, 0.05) is 12.1 Å². The first kappa shape index (κ1) is 14.2. The van der Waals surface area contributed by atoms with Crippen molar-refractivity contribution in [3.63, 3.8) is 0 Å². The minimum absolute atomic E-state index is 0.0683. The van der Waals surface area contributed by atoms with Gasteiger partial charge in [0.15, 0.2) is 0 Å². The van der Waals surface area contributed by atoms with Gasteiger partial charge in [0.05, 0.1) is 19.4 Å². The number of nitrogens with zero attached hydrogens (tertiary/aromatic N) is 1. The monoisotopic (exact) mass is 286 g/mol. The van der Waals surface area contributed by atoms with E-state index in [1.807, 2.05) is 0 Å². The summed E-state index contributed by atoms with van der Waals surface area (Å²) in [5, 5.41) is 12.1. The Hall–Kier alpha value is -2.18. The Morgan fingerprint density at radius 1 is 1.35 bits per heavy atom. The van der Waals surface area contributed by atoms with Crippen LogP contribution in [0.3, 0.4) is 0 Å². The number of aromatic hydroxyl groups is 1. The van der Waals surface area contributed by atoms with Crippen LogP contribution in [0.5, 0.6) is 11.5 Å². The van der Waals surface area contributed by atoms with Gasteiger partial charge in [-0.3, -0.25) is 4.99 Å². The molecule has 0 atom stereocenters. The van der Waals surface area contributed by atoms with Crippen molar-refractivity contribution in [1.82, 2.24) is 5.32 Å². The van der Waals surface area contributed by atoms with E-state index in [1.165, 1.54) is 25.3 Å². The number of halogens is 3. The second kappa shape index (κ2) is 5.44. The van der Waals surface area contributed by atoms with E-state index in [4.69, 9.17) is 4.74 Å². The van der Waals surface area contributed by atoms with Crippen molar-refractivity contribution in [3.05, 3.63) is 35.5 Å². The molecule has 7 heteroatoms. The maximum atomic E-state index is 12.8. The fourth-order valence-electron chi connectivity index (χ4n) is 1.79. The molecular weight excluding hydrogens is 273 g/mol. The molecule has 0 aromatic heterocycles. The van der Waals surface area contributed by atoms with Crippen molar-refractivity contribution >= 4 is 5.71 Å². The number of phenols is 1. The predicted octanol–water partition coefficient (Wildman–Crippen LogP) is 2.24. The number of hydrogen-bond donors (Lipinski definition) is 2. The highest BCUT2D eigenvalue weighted by Crippen LogP contribution is 2.28. The Labute approximate surface area is 113 Å². The van der Waals surface area contributed by atoms with Crippen molar-refractivity contribution in [3.8, 4) is 11.5 Å². The molecule has 108 valence electrons. The van der Waals surface area contributed by atoms with Crippen LogP contribution in [0, 0.1) is 0 Å². The van der Waals surface area contributed by atoms with Gasteiger partial charge in [-0.25, -0.2) is 0 Å². The summed E-state index contributed by atoms with van der Waals surface area (Å²) in [4.78, 5) is 4.06. The van der Waals surface area contributed by atoms with Crippen LogP contribution < -0.4 is 10.1 Å². The zero-order chi connectivity index (χ0) is 14.8. The molecule has 0 spiro atoms. The van der Waals surface area contributed by atoms with E-state index in [1.54, 1.807) is 0 Å². The van der Waals surface area contributed by atoms with Gasteiger partial charge < -0.3 is 15.2 Å². The standard InChI is InChI=1S/C13H13F3N2O2/c1-20-8-2-3-11(19)9(6-8)10-7-12(13(14,15)16)18-5-4-17-10/h2-3,6-7,18-19H,4-5H2,1H3. The van der Waals surface area contributed by atoms with Crippen molar-refractivity contribution in [2.45, 2.75) is 6.18 Å². The topological polar surface area (TPSA) is 53.9 Å². The SMILES string of the molecule is COc1ccc(O)c(C2=NCCNC(C(F)(F)F)=C2)c1. The zero-order valence-electron chi connectivity index (χ0n) is 10.7. The van der Waals surface area contributed by atoms with E-state index in [2.05, 4.69) is 10.3 Å². The number of ether oxygens (including phenoxy) is 1. The molecular formula is C13H13F3N2O2. The van der Waals surface area contributed by atoms with Gasteiger partial charge in [-0.05, 0) is 24.3 Å². The fourth-order valence-corrected chi connectivity index (χ4v) is 1.79. The third-order valence-electron chi connectivity index (χ3n) is 2.78. The lowest BCUT2D eigenvalue weighted by atomic mass is 10.1. The van der Waals surface area contributed by atoms with Gasteiger partial charge >= 0.3 is 6.18 Å². The summed E-state index contributed by atoms with van der Waals surface area (Å²) < 4.78 is 43.4. The number of alkyl halides is 3. The maximum absolute atomic E-state index is 12.8. The quantitative estimate of drug-likeness (QED) is 0.876. The molecule has 0 fully saturated rings. The molecule has 1 aromatic rings. The number of phenolic OH excluding ortho intramolecular Hbond substituents is 1. The first-order valence-electron chi connectivity index (χ1n) is 5.86. The lowest BCUT2D eigenvalue weighted by Crippen LogP contribution is -2.27. The van der Waals surface area contributed by atoms with E-state index in [9.17, 15) is 18.3 Å². The molecule has 1 heterocycles. The predicted molar refractivity (Wildman–Crippen MR) is 68.2 cm³/mol. The number of allylic oxidation sites excluding steroid dienone is 2. The fraction of sp³-hybridized carbons (Fsp3) is 0.308. The molecule has 0 unspecified atom stereocenters. The van der Waals surface area contributed by atoms with Crippen molar-refractivity contribution in [2.75, 3.05) is 20.2 Å². The smallest absolute Gasteiger partial charge is 0.430 e. The zero-order valence-corrected chi connectivity index (χ0v) is 10.7. The van der Waals surface area contributed by atoms with Crippen LogP contribution in [-0.4, -0.2) is 37.2 Å². The lowest BCUT2D eigenvalue weighted by Gasteiger charge is -2.12. The Kier molecular flexibility index (Phi) is 3.87. The van der Waals surface area contributed by atoms with Gasteiger partial charge in [-0.2, -0.15) is 13.2 Å². The number of nitrogens with one attached hydrogen (secondary N) is 1. The molecule has 2 rings (SSSR count). The summed E-state index contributed by atoms with van der Waals surface area (Å²) in [6, 6.07) is 4.32. The number of methoxy groups -OCH3 is 1. The molecule has 0 bridgehead atoms. The second-order valence-electron chi connectivity index (χ2n) is 4.13. The third-order valence-corrected chi connectivity index (χ3v) is 2.78. The summed E-state index contributed by atoms with van der Waals surface area (Å²) >= 11 is 0. The average Bonchev–Trinajstić information content (AvgIpc) is 2.64. The lowest BCUT2D eigenvalue weighted by molar-refractivity contribution is -0.0964. The highest BCUT2D eigenvalue weighted by molar-refractivity contribution is 6.11. The normalized spacial score (nSPS) is 15.8. The van der Waals surface area contributed by atoms with Crippen molar-refractivity contribution < 1.29 is 23.0 Å². The van der Waals surface area contributed by atoms with Crippen LogP contribution in [0.25, 0.3) is 0 Å². The molecule has 1 aliphatic heterocycles. The van der Waals surface area contributed by atoms with Crippen LogP contribution in [-0.2, 0) is 0 Å². The highest BCUT2D eigenvalue weighted by Gasteiger charge is 2.34. The van der Waals surface area contributed by atoms with Gasteiger partial charge in [0.25, 0.3) is 0 Å². The van der Waals surface area contributed by atoms with Crippen molar-refractivity contribution in [2.24, 2.45) is 4.99 Å². The molecule has 0 amide bonds. The van der Waals surface area contributed by atoms with E-state index in [0.717, 1.165) is 6.08 Å². The first-order chi connectivity index (χ1) is 9.41. The number of hydrogen-bond acceptors (Lipinski definition) is 4. The largest absolute Gasteiger partial charge is 0.507 e. The number of rotatable bonds is 2. The molecule has 2 N–H and O–H groups in total. The maximum Gasteiger partial charge on any atom is 0.430 e. The summed E-state index contributed by atoms with van der Waals surface area (Å²) in [7, 11) is 1.43. The molecule has 1 aliphatic rings. The van der Waals surface area contributed by atoms with Gasteiger partial charge in [-0.1, -0.05) is 0 Å². The molecule has 1 aromatic carbocycles. The number of aliphatic imine (C=N–C) groups is 1. The summed E-state index contributed by atoms with van der Waals surface area (Å²) in [6.07, 6.45) is -3.60. The minimum Gasteiger partial charge on any atom is -0.507 e. The summed E-state index contributed by atoms with van der Waals surface area (Å²) in [5.74, 6) is 0.281. The highest BCUT2D eigenvalue weighted by atomic mass is 19.4. The van der Waals surface area contributed by atoms with E-state index in [-0.39, 0.29) is 30.1 Å². The van der Waals surface area contributed by atoms with E-state index in [0.29, 0.717) is 5.75 Å². The van der Waals surface area contributed by atoms with Crippen LogP contribution in [0.2, 0.25) is 0 Å². The first-order valence-corrected chi connectivity index (χ1v) is 5.86. The minimum atomic E-state index is -4.49. The third kappa shape index (κ3) is 3.04. The molecule has 0 radical (unpaired) electrons. The average molecular weight is 286 g/mol. The molecule has 20 heavy (non-hydrogen) atoms. The van der Waals surface area contributed by atoms with E-state index < -0.39 is 11.9 Å². The summed E-state index contributed by atoms with van der Waals surface area (Å²) in [5.41, 5.74) is -0.607. The molecule has 0 saturated carbocycles. The van der Waals surface area contributed by atoms with Crippen LogP contribution in [0.4, 0.5) is 13.2 Å². The number of benzene rings is 1. The molecule has 0 saturated heterocycles.